The van der Waals surface area contributed by atoms with E-state index in [9.17, 15) is 9.90 Å². The highest BCUT2D eigenvalue weighted by atomic mass is 35.5. The molecule has 0 aliphatic heterocycles. The molecular weight excluding hydrogens is 400 g/mol. The van der Waals surface area contributed by atoms with Crippen LogP contribution < -0.4 is 5.11 Å². The third-order valence-corrected chi connectivity index (χ3v) is 5.31. The Morgan fingerprint density at radius 1 is 0.900 bits per heavy atom. The van der Waals surface area contributed by atoms with Crippen LogP contribution in [0.2, 0.25) is 5.02 Å². The Labute approximate surface area is 176 Å². The highest BCUT2D eigenvalue weighted by Gasteiger charge is 2.14. The number of nitrogens with zero attached hydrogens (tertiary/aromatic N) is 2. The van der Waals surface area contributed by atoms with Crippen molar-refractivity contribution in [3.05, 3.63) is 82.9 Å². The number of hydrogen-bond donors (Lipinski definition) is 0. The van der Waals surface area contributed by atoms with Crippen molar-refractivity contribution < 1.29 is 14.4 Å². The number of rotatable bonds is 3. The van der Waals surface area contributed by atoms with E-state index in [0.717, 1.165) is 22.1 Å². The lowest BCUT2D eigenvalue weighted by Gasteiger charge is -2.11. The second kappa shape index (κ2) is 6.97. The van der Waals surface area contributed by atoms with Crippen molar-refractivity contribution in [2.45, 2.75) is 6.92 Å². The van der Waals surface area contributed by atoms with Gasteiger partial charge in [-0.3, -0.25) is 0 Å². The first-order valence-corrected chi connectivity index (χ1v) is 9.66. The van der Waals surface area contributed by atoms with Crippen molar-refractivity contribution in [1.29, 1.82) is 0 Å². The minimum atomic E-state index is -1.28. The lowest BCUT2D eigenvalue weighted by molar-refractivity contribution is -0.254. The smallest absolute Gasteiger partial charge is 0.174 e. The number of carboxylic acid groups (broad SMARTS) is 1. The number of aromatic carboxylic acids is 1. The summed E-state index contributed by atoms with van der Waals surface area (Å²) in [6, 6.07) is 20.0. The molecule has 5 aromatic rings. The number of carbonyl (C=O) groups excluding carboxylic acids is 1. The number of carbonyl (C=O) groups is 1. The number of benzene rings is 3. The highest BCUT2D eigenvalue weighted by Crippen LogP contribution is 2.33. The number of halogens is 1. The summed E-state index contributed by atoms with van der Waals surface area (Å²) < 4.78 is 5.59. The topological polar surface area (TPSA) is 79.0 Å². The maximum absolute atomic E-state index is 11.7. The third kappa shape index (κ3) is 3.09. The Morgan fingerprint density at radius 3 is 2.40 bits per heavy atom. The molecule has 6 heteroatoms. The molecule has 0 spiro atoms. The number of carboxylic acids is 1. The van der Waals surface area contributed by atoms with E-state index in [-0.39, 0.29) is 5.56 Å². The van der Waals surface area contributed by atoms with Gasteiger partial charge in [-0.1, -0.05) is 52.7 Å². The summed E-state index contributed by atoms with van der Waals surface area (Å²) in [5, 5.41) is 17.6. The van der Waals surface area contributed by atoms with Crippen LogP contribution in [0.3, 0.4) is 0 Å². The van der Waals surface area contributed by atoms with Gasteiger partial charge < -0.3 is 14.4 Å². The van der Waals surface area contributed by atoms with Crippen LogP contribution >= 0.6 is 11.6 Å². The maximum atomic E-state index is 11.7. The fourth-order valence-electron chi connectivity index (χ4n) is 3.53. The van der Waals surface area contributed by atoms with E-state index >= 15 is 0 Å². The summed E-state index contributed by atoms with van der Waals surface area (Å²) in [7, 11) is 0. The molecule has 0 amide bonds. The van der Waals surface area contributed by atoms with Gasteiger partial charge in [0.25, 0.3) is 0 Å². The standard InChI is InChI=1S/C24H15ClN2O3/c1-13-2-4-14(5-3-13)23-19-10-15(6-8-21(19)27-30-23)22-12-18(24(28)29)17-11-16(25)7-9-20(17)26-22/h2-12H,1H3,(H,28,29)/p-1. The lowest BCUT2D eigenvalue weighted by atomic mass is 10.0. The Balaban J connectivity index is 1.70. The first kappa shape index (κ1) is 18.3. The van der Waals surface area contributed by atoms with Crippen LogP contribution in [-0.4, -0.2) is 16.1 Å². The van der Waals surface area contributed by atoms with Crippen molar-refractivity contribution in [2.75, 3.05) is 0 Å². The van der Waals surface area contributed by atoms with Crippen molar-refractivity contribution in [3.8, 4) is 22.6 Å². The molecule has 30 heavy (non-hydrogen) atoms. The second-order valence-corrected chi connectivity index (χ2v) is 7.55. The van der Waals surface area contributed by atoms with Gasteiger partial charge in [-0.2, -0.15) is 0 Å². The van der Waals surface area contributed by atoms with Crippen molar-refractivity contribution in [1.82, 2.24) is 10.1 Å². The molecular formula is C24H14ClN2O3-. The quantitative estimate of drug-likeness (QED) is 0.414. The minimum absolute atomic E-state index is 0.0432. The summed E-state index contributed by atoms with van der Waals surface area (Å²) in [6.07, 6.45) is 0. The van der Waals surface area contributed by atoms with E-state index in [2.05, 4.69) is 10.1 Å². The van der Waals surface area contributed by atoms with Gasteiger partial charge in [-0.15, -0.1) is 0 Å². The van der Waals surface area contributed by atoms with Crippen LogP contribution in [0.4, 0.5) is 0 Å². The molecule has 0 atom stereocenters. The molecule has 0 saturated carbocycles. The molecule has 0 unspecified atom stereocenters. The van der Waals surface area contributed by atoms with Crippen LogP contribution in [0.1, 0.15) is 15.9 Å². The Bertz CT molecular complexity index is 1440. The monoisotopic (exact) mass is 413 g/mol. The van der Waals surface area contributed by atoms with Gasteiger partial charge >= 0.3 is 0 Å². The average Bonchev–Trinajstić information content (AvgIpc) is 3.16. The van der Waals surface area contributed by atoms with E-state index in [1.54, 1.807) is 18.2 Å². The van der Waals surface area contributed by atoms with E-state index in [1.807, 2.05) is 49.4 Å². The van der Waals surface area contributed by atoms with Gasteiger partial charge in [-0.25, -0.2) is 4.98 Å². The SMILES string of the molecule is Cc1ccc(-c2onc3ccc(-c4cc(C(=O)[O-])c5cc(Cl)ccc5n4)cc23)cc1. The van der Waals surface area contributed by atoms with Crippen LogP contribution in [0.25, 0.3) is 44.4 Å². The number of hydrogen-bond acceptors (Lipinski definition) is 5. The number of aromatic nitrogens is 2. The van der Waals surface area contributed by atoms with E-state index < -0.39 is 5.97 Å². The zero-order chi connectivity index (χ0) is 20.8. The van der Waals surface area contributed by atoms with E-state index in [1.165, 1.54) is 6.07 Å². The second-order valence-electron chi connectivity index (χ2n) is 7.11. The maximum Gasteiger partial charge on any atom is 0.174 e. The Kier molecular flexibility index (Phi) is 4.26. The van der Waals surface area contributed by atoms with Crippen LogP contribution in [0, 0.1) is 6.92 Å². The van der Waals surface area contributed by atoms with Crippen LogP contribution in [0.15, 0.2) is 71.3 Å². The zero-order valence-electron chi connectivity index (χ0n) is 15.8. The first-order chi connectivity index (χ1) is 14.5. The van der Waals surface area contributed by atoms with Gasteiger partial charge in [0, 0.05) is 27.1 Å². The molecule has 2 heterocycles. The zero-order valence-corrected chi connectivity index (χ0v) is 16.6. The number of pyridine rings is 1. The molecule has 5 rings (SSSR count). The highest BCUT2D eigenvalue weighted by molar-refractivity contribution is 6.31. The summed E-state index contributed by atoms with van der Waals surface area (Å²) in [4.78, 5) is 16.4. The molecule has 3 aromatic carbocycles. The molecule has 0 saturated heterocycles. The van der Waals surface area contributed by atoms with Gasteiger partial charge in [0.1, 0.15) is 5.52 Å². The molecule has 0 fully saturated rings. The summed E-state index contributed by atoms with van der Waals surface area (Å²) in [5.41, 5.74) is 4.61. The molecule has 5 nitrogen and oxygen atoms in total. The van der Waals surface area contributed by atoms with Crippen LogP contribution in [-0.2, 0) is 0 Å². The molecule has 0 N–H and O–H groups in total. The van der Waals surface area contributed by atoms with E-state index in [0.29, 0.717) is 32.9 Å². The van der Waals surface area contributed by atoms with E-state index in [4.69, 9.17) is 16.1 Å². The summed E-state index contributed by atoms with van der Waals surface area (Å²) in [5.74, 6) is -0.628. The molecule has 2 aromatic heterocycles. The Hall–Kier alpha value is -3.70. The Morgan fingerprint density at radius 2 is 1.63 bits per heavy atom. The summed E-state index contributed by atoms with van der Waals surface area (Å²) in [6.45, 7) is 2.02. The lowest BCUT2D eigenvalue weighted by Crippen LogP contribution is -2.22. The van der Waals surface area contributed by atoms with Crippen molar-refractivity contribution in [2.24, 2.45) is 0 Å². The van der Waals surface area contributed by atoms with Gasteiger partial charge in [0.05, 0.1) is 22.6 Å². The van der Waals surface area contributed by atoms with Gasteiger partial charge in [0.15, 0.2) is 5.76 Å². The average molecular weight is 414 g/mol. The van der Waals surface area contributed by atoms with Crippen molar-refractivity contribution in [3.63, 3.8) is 0 Å². The molecule has 0 aliphatic carbocycles. The molecule has 0 bridgehead atoms. The molecule has 0 radical (unpaired) electrons. The largest absolute Gasteiger partial charge is 0.545 e. The predicted molar refractivity (Wildman–Crippen MR) is 114 cm³/mol. The first-order valence-electron chi connectivity index (χ1n) is 9.28. The molecule has 0 aliphatic rings. The minimum Gasteiger partial charge on any atom is -0.545 e. The summed E-state index contributed by atoms with van der Waals surface area (Å²) >= 11 is 6.03. The normalized spacial score (nSPS) is 11.3. The third-order valence-electron chi connectivity index (χ3n) is 5.08. The van der Waals surface area contributed by atoms with Crippen LogP contribution in [0.5, 0.6) is 0 Å². The fourth-order valence-corrected chi connectivity index (χ4v) is 3.70. The van der Waals surface area contributed by atoms with Gasteiger partial charge in [0.2, 0.25) is 0 Å². The number of aryl methyl sites for hydroxylation is 1. The predicted octanol–water partition coefficient (Wildman–Crippen LogP) is 5.04. The number of fused-ring (bicyclic) bond motifs is 2. The van der Waals surface area contributed by atoms with Gasteiger partial charge in [-0.05, 0) is 43.3 Å². The fraction of sp³-hybridized carbons (Fsp3) is 0.0417. The van der Waals surface area contributed by atoms with Crippen molar-refractivity contribution >= 4 is 39.4 Å². The molecule has 146 valence electrons.